The van der Waals surface area contributed by atoms with Crippen LogP contribution in [-0.2, 0) is 15.0 Å². The van der Waals surface area contributed by atoms with Crippen LogP contribution in [0.25, 0.3) is 0 Å². The van der Waals surface area contributed by atoms with Gasteiger partial charge < -0.3 is 0 Å². The minimum absolute atomic E-state index is 1.34. The molecule has 0 N–H and O–H groups in total. The summed E-state index contributed by atoms with van der Waals surface area (Å²) in [6, 6.07) is 0. The average molecular weight is 164 g/mol. The number of hydrogen-bond acceptors (Lipinski definition) is 0. The maximum atomic E-state index is 2.25. The van der Waals surface area contributed by atoms with Crippen LogP contribution in [0, 0.1) is 0 Å². The molecule has 0 nitrogen and oxygen atoms in total. The van der Waals surface area contributed by atoms with E-state index in [1.807, 2.05) is 15.0 Å². The van der Waals surface area contributed by atoms with Gasteiger partial charge in [-0.3, -0.25) is 0 Å². The van der Waals surface area contributed by atoms with Gasteiger partial charge in [0.1, 0.15) is 0 Å². The Morgan fingerprint density at radius 1 is 1.12 bits per heavy atom. The molecule has 0 saturated heterocycles. The summed E-state index contributed by atoms with van der Waals surface area (Å²) in [5, 5.41) is 1.34. The van der Waals surface area contributed by atoms with Crippen molar-refractivity contribution in [1.82, 2.24) is 0 Å². The molecule has 0 atom stereocenters. The average Bonchev–Trinajstić information content (AvgIpc) is 1.81. The number of unbranched alkanes of at least 4 members (excludes halogenated alkanes) is 3. The standard InChI is InChI=1S/C6H13.CH3.Cu/c1-3-5-6-4-2;;/h1,3-6H2,2H3;1H3;. The molecule has 0 aromatic carbocycles. The van der Waals surface area contributed by atoms with Crippen molar-refractivity contribution in [3.8, 4) is 0 Å². The Morgan fingerprint density at radius 2 is 1.88 bits per heavy atom. The van der Waals surface area contributed by atoms with E-state index in [1.165, 1.54) is 31.0 Å². The van der Waals surface area contributed by atoms with Crippen molar-refractivity contribution in [3.05, 3.63) is 0 Å². The van der Waals surface area contributed by atoms with Gasteiger partial charge in [0.25, 0.3) is 0 Å². The first-order valence-electron chi connectivity index (χ1n) is 3.22. The Bertz CT molecular complexity index is 29.4. The van der Waals surface area contributed by atoms with Gasteiger partial charge in [-0.15, -0.1) is 0 Å². The Hall–Kier alpha value is 0.519. The normalized spacial score (nSPS) is 10.2. The topological polar surface area (TPSA) is 0 Å². The Kier molecular flexibility index (Phi) is 8.01. The van der Waals surface area contributed by atoms with Gasteiger partial charge in [-0.05, 0) is 0 Å². The van der Waals surface area contributed by atoms with E-state index in [-0.39, 0.29) is 0 Å². The molecule has 1 heteroatoms. The van der Waals surface area contributed by atoms with Crippen LogP contribution in [0.5, 0.6) is 0 Å². The van der Waals surface area contributed by atoms with Gasteiger partial charge in [-0.25, -0.2) is 0 Å². The van der Waals surface area contributed by atoms with Gasteiger partial charge in [0.05, 0.1) is 0 Å². The molecular formula is C7H16Cu. The zero-order valence-corrected chi connectivity index (χ0v) is 6.78. The van der Waals surface area contributed by atoms with E-state index < -0.39 is 0 Å². The van der Waals surface area contributed by atoms with E-state index in [9.17, 15) is 0 Å². The maximum absolute atomic E-state index is 2.25. The SMILES string of the molecule is CCCCC[CH2][Cu][CH3]. The third-order valence-corrected chi connectivity index (χ3v) is 1.91. The summed E-state index contributed by atoms with van der Waals surface area (Å²) in [5.41, 5.74) is 0. The fourth-order valence-corrected chi connectivity index (χ4v) is 1.18. The van der Waals surface area contributed by atoms with Crippen molar-refractivity contribution in [3.63, 3.8) is 0 Å². The van der Waals surface area contributed by atoms with Crippen molar-refractivity contribution in [2.45, 2.75) is 43.7 Å². The quantitative estimate of drug-likeness (QED) is 0.432. The molecule has 55 valence electrons. The van der Waals surface area contributed by atoms with Crippen LogP contribution in [0.3, 0.4) is 0 Å². The van der Waals surface area contributed by atoms with E-state index in [0.29, 0.717) is 0 Å². The summed E-state index contributed by atoms with van der Waals surface area (Å²) in [7, 11) is 0. The molecule has 0 aromatic heterocycles. The third-order valence-electron chi connectivity index (χ3n) is 1.11. The van der Waals surface area contributed by atoms with Crippen LogP contribution < -0.4 is 0 Å². The molecule has 0 unspecified atom stereocenters. The van der Waals surface area contributed by atoms with Crippen LogP contribution in [0.2, 0.25) is 11.1 Å². The predicted molar refractivity (Wildman–Crippen MR) is 34.8 cm³/mol. The van der Waals surface area contributed by atoms with Crippen molar-refractivity contribution in [1.29, 1.82) is 0 Å². The van der Waals surface area contributed by atoms with Gasteiger partial charge in [0.15, 0.2) is 0 Å². The van der Waals surface area contributed by atoms with Gasteiger partial charge in [-0.1, -0.05) is 0 Å². The van der Waals surface area contributed by atoms with Crippen LogP contribution in [0.1, 0.15) is 32.6 Å². The molecule has 0 rings (SSSR count). The molecule has 0 aliphatic carbocycles. The van der Waals surface area contributed by atoms with Crippen LogP contribution in [-0.4, -0.2) is 0 Å². The Morgan fingerprint density at radius 3 is 2.38 bits per heavy atom. The zero-order chi connectivity index (χ0) is 6.24. The third kappa shape index (κ3) is 6.52. The monoisotopic (exact) mass is 163 g/mol. The van der Waals surface area contributed by atoms with E-state index in [0.717, 1.165) is 0 Å². The zero-order valence-electron chi connectivity index (χ0n) is 5.84. The van der Waals surface area contributed by atoms with E-state index >= 15 is 0 Å². The van der Waals surface area contributed by atoms with E-state index in [1.54, 1.807) is 0 Å². The van der Waals surface area contributed by atoms with Crippen molar-refractivity contribution < 1.29 is 15.0 Å². The molecule has 0 bridgehead atoms. The van der Waals surface area contributed by atoms with Crippen molar-refractivity contribution in [2.24, 2.45) is 0 Å². The van der Waals surface area contributed by atoms with Crippen molar-refractivity contribution >= 4 is 0 Å². The first kappa shape index (κ1) is 8.52. The summed E-state index contributed by atoms with van der Waals surface area (Å²) < 4.78 is 0. The molecule has 0 spiro atoms. The summed E-state index contributed by atoms with van der Waals surface area (Å²) in [6.07, 6.45) is 5.60. The number of hydrogen-bond donors (Lipinski definition) is 0. The predicted octanol–water partition coefficient (Wildman–Crippen LogP) is 3.12. The molecule has 8 heavy (non-hydrogen) atoms. The van der Waals surface area contributed by atoms with Gasteiger partial charge in [-0.2, -0.15) is 0 Å². The van der Waals surface area contributed by atoms with E-state index in [2.05, 4.69) is 12.7 Å². The Balaban J connectivity index is 2.53. The fraction of sp³-hybridized carbons (Fsp3) is 1.00. The molecule has 0 aliphatic heterocycles. The molecule has 0 aliphatic rings. The minimum atomic E-state index is 1.34. The Labute approximate surface area is 59.2 Å². The summed E-state index contributed by atoms with van der Waals surface area (Å²) in [5.74, 6) is 2.16. The fourth-order valence-electron chi connectivity index (χ4n) is 0.609. The molecular weight excluding hydrogens is 148 g/mol. The summed E-state index contributed by atoms with van der Waals surface area (Å²) in [6.45, 7) is 2.25. The van der Waals surface area contributed by atoms with Gasteiger partial charge in [0, 0.05) is 0 Å². The molecule has 0 aromatic rings. The first-order valence-corrected chi connectivity index (χ1v) is 4.83. The first-order chi connectivity index (χ1) is 3.91. The van der Waals surface area contributed by atoms with Crippen molar-refractivity contribution in [2.75, 3.05) is 0 Å². The molecule has 0 amide bonds. The second kappa shape index (κ2) is 7.52. The van der Waals surface area contributed by atoms with Crippen LogP contribution in [0.4, 0.5) is 0 Å². The molecule has 0 heterocycles. The van der Waals surface area contributed by atoms with Gasteiger partial charge >= 0.3 is 58.7 Å². The number of rotatable bonds is 5. The summed E-state index contributed by atoms with van der Waals surface area (Å²) in [4.78, 5) is 0. The summed E-state index contributed by atoms with van der Waals surface area (Å²) >= 11 is 2.03. The van der Waals surface area contributed by atoms with Crippen LogP contribution in [0.15, 0.2) is 0 Å². The molecule has 0 saturated carbocycles. The van der Waals surface area contributed by atoms with E-state index in [4.69, 9.17) is 0 Å². The van der Waals surface area contributed by atoms with Crippen LogP contribution >= 0.6 is 0 Å². The second-order valence-corrected chi connectivity index (χ2v) is 3.06. The molecule has 0 radical (unpaired) electrons. The molecule has 0 fully saturated rings. The van der Waals surface area contributed by atoms with Gasteiger partial charge in [0.2, 0.25) is 0 Å². The second-order valence-electron chi connectivity index (χ2n) is 1.92.